The Kier molecular flexibility index (Phi) is 5.10. The largest absolute Gasteiger partial charge is 0.494 e. The van der Waals surface area contributed by atoms with Crippen molar-refractivity contribution in [2.24, 2.45) is 0 Å². The van der Waals surface area contributed by atoms with Crippen LogP contribution >= 0.6 is 0 Å². The minimum absolute atomic E-state index is 0.228. The molecule has 1 N–H and O–H groups in total. The number of anilines is 1. The predicted molar refractivity (Wildman–Crippen MR) is 103 cm³/mol. The number of rotatable bonds is 5. The van der Waals surface area contributed by atoms with E-state index in [9.17, 15) is 18.0 Å². The zero-order chi connectivity index (χ0) is 21.5. The van der Waals surface area contributed by atoms with Gasteiger partial charge in [-0.3, -0.25) is 9.48 Å². The van der Waals surface area contributed by atoms with Crippen molar-refractivity contribution in [2.45, 2.75) is 31.2 Å². The molecule has 1 aliphatic rings. The molecule has 0 atom stereocenters. The summed E-state index contributed by atoms with van der Waals surface area (Å²) >= 11 is 0. The molecule has 0 radical (unpaired) electrons. The number of carbonyl (C=O) groups is 1. The first-order chi connectivity index (χ1) is 14.3. The van der Waals surface area contributed by atoms with Gasteiger partial charge in [0.25, 0.3) is 5.91 Å². The normalized spacial score (nSPS) is 18.8. The van der Waals surface area contributed by atoms with Crippen LogP contribution in [0, 0.1) is 0 Å². The highest BCUT2D eigenvalue weighted by molar-refractivity contribution is 6.05. The SMILES string of the molecule is COc1cc2nn([C@H]3C[C@H](OC)C3)cc2cc1NC(=O)c1cccc(C(F)(F)F)n1. The Morgan fingerprint density at radius 2 is 2.00 bits per heavy atom. The van der Waals surface area contributed by atoms with Crippen molar-refractivity contribution in [3.8, 4) is 5.75 Å². The summed E-state index contributed by atoms with van der Waals surface area (Å²) in [6, 6.07) is 6.76. The molecule has 0 spiro atoms. The van der Waals surface area contributed by atoms with Crippen LogP contribution in [0.3, 0.4) is 0 Å². The maximum atomic E-state index is 12.9. The van der Waals surface area contributed by atoms with Crippen LogP contribution in [0.1, 0.15) is 35.1 Å². The molecule has 0 bridgehead atoms. The number of amides is 1. The summed E-state index contributed by atoms with van der Waals surface area (Å²) in [6.07, 6.45) is -0.806. The summed E-state index contributed by atoms with van der Waals surface area (Å²) < 4.78 is 51.1. The number of pyridine rings is 1. The van der Waals surface area contributed by atoms with E-state index in [0.29, 0.717) is 17.0 Å². The molecule has 1 amide bonds. The first kappa shape index (κ1) is 20.1. The molecule has 0 aliphatic heterocycles. The van der Waals surface area contributed by atoms with Gasteiger partial charge in [0.1, 0.15) is 17.1 Å². The van der Waals surface area contributed by atoms with Crippen molar-refractivity contribution in [3.05, 3.63) is 47.9 Å². The van der Waals surface area contributed by atoms with Crippen molar-refractivity contribution >= 4 is 22.5 Å². The van der Waals surface area contributed by atoms with Crippen molar-refractivity contribution in [1.29, 1.82) is 0 Å². The average Bonchev–Trinajstić information content (AvgIpc) is 3.08. The highest BCUT2D eigenvalue weighted by Gasteiger charge is 2.33. The van der Waals surface area contributed by atoms with E-state index in [2.05, 4.69) is 15.4 Å². The van der Waals surface area contributed by atoms with Gasteiger partial charge in [-0.05, 0) is 31.0 Å². The van der Waals surface area contributed by atoms with Crippen molar-refractivity contribution < 1.29 is 27.4 Å². The number of fused-ring (bicyclic) bond motifs is 1. The predicted octanol–water partition coefficient (Wildman–Crippen LogP) is 4.06. The Morgan fingerprint density at radius 3 is 2.67 bits per heavy atom. The van der Waals surface area contributed by atoms with Crippen LogP contribution in [0.15, 0.2) is 36.5 Å². The minimum atomic E-state index is -4.63. The number of ether oxygens (including phenoxy) is 2. The number of alkyl halides is 3. The van der Waals surface area contributed by atoms with Crippen LogP contribution < -0.4 is 10.1 Å². The van der Waals surface area contributed by atoms with E-state index in [4.69, 9.17) is 9.47 Å². The number of methoxy groups -OCH3 is 2. The summed E-state index contributed by atoms with van der Waals surface area (Å²) in [5.41, 5.74) is -0.475. The number of nitrogens with zero attached hydrogens (tertiary/aromatic N) is 3. The van der Waals surface area contributed by atoms with Gasteiger partial charge < -0.3 is 14.8 Å². The van der Waals surface area contributed by atoms with Gasteiger partial charge in [0.15, 0.2) is 0 Å². The molecule has 0 saturated heterocycles. The molecular weight excluding hydrogens is 401 g/mol. The molecule has 0 unspecified atom stereocenters. The molecule has 30 heavy (non-hydrogen) atoms. The van der Waals surface area contributed by atoms with E-state index >= 15 is 0 Å². The quantitative estimate of drug-likeness (QED) is 0.674. The van der Waals surface area contributed by atoms with E-state index in [0.717, 1.165) is 30.4 Å². The number of hydrogen-bond donors (Lipinski definition) is 1. The fourth-order valence-corrected chi connectivity index (χ4v) is 3.38. The van der Waals surface area contributed by atoms with Crippen molar-refractivity contribution in [3.63, 3.8) is 0 Å². The molecule has 1 fully saturated rings. The summed E-state index contributed by atoms with van der Waals surface area (Å²) in [7, 11) is 3.12. The standard InChI is InChI=1S/C20H19F3N4O3/c1-29-13-7-12(8-13)27-10-11-6-16(17(30-2)9-15(11)26-27)25-19(28)14-4-3-5-18(24-14)20(21,22)23/h3-6,9-10,12-13H,7-8H2,1-2H3,(H,25,28)/t12-,13-. The number of hydrogen-bond acceptors (Lipinski definition) is 5. The molecule has 7 nitrogen and oxygen atoms in total. The molecule has 158 valence electrons. The van der Waals surface area contributed by atoms with Crippen LogP contribution in [0.2, 0.25) is 0 Å². The maximum absolute atomic E-state index is 12.9. The van der Waals surface area contributed by atoms with Crippen LogP contribution in [-0.4, -0.2) is 41.0 Å². The molecule has 10 heteroatoms. The van der Waals surface area contributed by atoms with E-state index in [1.165, 1.54) is 13.2 Å². The van der Waals surface area contributed by atoms with Crippen LogP contribution in [-0.2, 0) is 10.9 Å². The van der Waals surface area contributed by atoms with Crippen molar-refractivity contribution in [1.82, 2.24) is 14.8 Å². The van der Waals surface area contributed by atoms with Gasteiger partial charge in [0.05, 0.1) is 30.5 Å². The van der Waals surface area contributed by atoms with Crippen LogP contribution in [0.25, 0.3) is 10.9 Å². The Hall–Kier alpha value is -3.14. The smallest absolute Gasteiger partial charge is 0.433 e. The van der Waals surface area contributed by atoms with Crippen LogP contribution in [0.4, 0.5) is 18.9 Å². The van der Waals surface area contributed by atoms with Gasteiger partial charge in [-0.25, -0.2) is 4.98 Å². The number of carbonyl (C=O) groups excluding carboxylic acids is 1. The second-order valence-electron chi connectivity index (χ2n) is 7.06. The Bertz CT molecular complexity index is 1090. The van der Waals surface area contributed by atoms with E-state index in [1.54, 1.807) is 19.2 Å². The molecular formula is C20H19F3N4O3. The summed E-state index contributed by atoms with van der Waals surface area (Å²) in [5, 5.41) is 7.91. The third-order valence-corrected chi connectivity index (χ3v) is 5.14. The molecule has 1 saturated carbocycles. The molecule has 2 heterocycles. The van der Waals surface area contributed by atoms with Gasteiger partial charge >= 0.3 is 6.18 Å². The van der Waals surface area contributed by atoms with Crippen LogP contribution in [0.5, 0.6) is 5.75 Å². The first-order valence-electron chi connectivity index (χ1n) is 9.23. The third kappa shape index (κ3) is 3.82. The molecule has 4 rings (SSSR count). The maximum Gasteiger partial charge on any atom is 0.433 e. The summed E-state index contributed by atoms with van der Waals surface area (Å²) in [4.78, 5) is 15.9. The van der Waals surface area contributed by atoms with Gasteiger partial charge in [-0.15, -0.1) is 0 Å². The second kappa shape index (κ2) is 7.60. The lowest BCUT2D eigenvalue weighted by Gasteiger charge is -2.34. The van der Waals surface area contributed by atoms with E-state index in [-0.39, 0.29) is 17.8 Å². The van der Waals surface area contributed by atoms with E-state index in [1.807, 2.05) is 10.9 Å². The summed E-state index contributed by atoms with van der Waals surface area (Å²) in [5.74, 6) is -0.426. The molecule has 3 aromatic rings. The Morgan fingerprint density at radius 1 is 1.23 bits per heavy atom. The highest BCUT2D eigenvalue weighted by Crippen LogP contribution is 2.36. The third-order valence-electron chi connectivity index (χ3n) is 5.14. The number of nitrogens with one attached hydrogen (secondary N) is 1. The Labute approximate surface area is 169 Å². The fourth-order valence-electron chi connectivity index (χ4n) is 3.38. The van der Waals surface area contributed by atoms with Gasteiger partial charge in [-0.1, -0.05) is 6.07 Å². The van der Waals surface area contributed by atoms with Gasteiger partial charge in [-0.2, -0.15) is 18.3 Å². The van der Waals surface area contributed by atoms with Gasteiger partial charge in [0.2, 0.25) is 0 Å². The fraction of sp³-hybridized carbons (Fsp3) is 0.350. The highest BCUT2D eigenvalue weighted by atomic mass is 19.4. The lowest BCUT2D eigenvalue weighted by Crippen LogP contribution is -2.32. The average molecular weight is 420 g/mol. The number of halogens is 3. The number of benzene rings is 1. The monoisotopic (exact) mass is 420 g/mol. The molecule has 2 aromatic heterocycles. The molecule has 1 aromatic carbocycles. The van der Waals surface area contributed by atoms with E-state index < -0.39 is 17.8 Å². The topological polar surface area (TPSA) is 78.3 Å². The first-order valence-corrected chi connectivity index (χ1v) is 9.23. The zero-order valence-corrected chi connectivity index (χ0v) is 16.2. The number of aromatic nitrogens is 3. The van der Waals surface area contributed by atoms with Crippen molar-refractivity contribution in [2.75, 3.05) is 19.5 Å². The minimum Gasteiger partial charge on any atom is -0.494 e. The second-order valence-corrected chi connectivity index (χ2v) is 7.06. The zero-order valence-electron chi connectivity index (χ0n) is 16.2. The lowest BCUT2D eigenvalue weighted by atomic mass is 9.89. The van der Waals surface area contributed by atoms with Gasteiger partial charge in [0, 0.05) is 24.8 Å². The lowest BCUT2D eigenvalue weighted by molar-refractivity contribution is -0.141. The molecule has 1 aliphatic carbocycles. The summed E-state index contributed by atoms with van der Waals surface area (Å²) in [6.45, 7) is 0. The Balaban J connectivity index is 1.59.